The van der Waals surface area contributed by atoms with Crippen molar-refractivity contribution in [2.45, 2.75) is 25.7 Å². The number of carboxylic acid groups (broad SMARTS) is 1. The predicted molar refractivity (Wildman–Crippen MR) is 79.2 cm³/mol. The minimum atomic E-state index is -1.21. The van der Waals surface area contributed by atoms with Crippen molar-refractivity contribution in [3.63, 3.8) is 0 Å². The zero-order valence-corrected chi connectivity index (χ0v) is 12.6. The lowest BCUT2D eigenvalue weighted by atomic mass is 9.90. The molecule has 1 amide bonds. The number of phenolic OH excluding ortho intramolecular Hbond substituents is 1. The van der Waals surface area contributed by atoms with Crippen LogP contribution in [0.3, 0.4) is 0 Å². The maximum Gasteiger partial charge on any atom is 0.303 e. The van der Waals surface area contributed by atoms with E-state index in [9.17, 15) is 28.3 Å². The fourth-order valence-electron chi connectivity index (χ4n) is 2.36. The van der Waals surface area contributed by atoms with Crippen LogP contribution in [-0.2, 0) is 20.8 Å². The first-order valence-corrected chi connectivity index (χ1v) is 7.26. The summed E-state index contributed by atoms with van der Waals surface area (Å²) in [5.41, 5.74) is -0.361. The zero-order valence-electron chi connectivity index (χ0n) is 12.6. The molecule has 0 radical (unpaired) electrons. The molecule has 128 valence electrons. The number of nitrogens with one attached hydrogen (secondary N) is 1. The number of hydrogen-bond acceptors (Lipinski definition) is 4. The summed E-state index contributed by atoms with van der Waals surface area (Å²) in [6.07, 6.45) is 1.41. The smallest absolute Gasteiger partial charge is 0.303 e. The molecule has 0 aliphatic heterocycles. The first-order chi connectivity index (χ1) is 11.3. The average molecular weight is 339 g/mol. The third-order valence-electron chi connectivity index (χ3n) is 3.61. The number of phenols is 1. The topological polar surface area (TPSA) is 104 Å². The number of aromatic hydroxyl groups is 1. The molecule has 0 saturated heterocycles. The number of carbonyl (C=O) groups excluding carboxylic acids is 2. The molecule has 0 unspecified atom stereocenters. The number of carbonyl (C=O) groups is 3. The van der Waals surface area contributed by atoms with E-state index in [4.69, 9.17) is 5.11 Å². The number of unbranched alkanes of at least 4 members (excludes halogenated alkanes) is 1. The number of Topliss-reactive ketones (excluding diaryl/α,β-unsaturated/α-hetero) is 1. The highest BCUT2D eigenvalue weighted by molar-refractivity contribution is 6.24. The molecule has 0 aromatic heterocycles. The van der Waals surface area contributed by atoms with E-state index in [0.717, 1.165) is 12.1 Å². The van der Waals surface area contributed by atoms with Crippen LogP contribution >= 0.6 is 0 Å². The van der Waals surface area contributed by atoms with Gasteiger partial charge in [0.15, 0.2) is 23.2 Å². The molecule has 1 aromatic rings. The Morgan fingerprint density at radius 2 is 1.96 bits per heavy atom. The summed E-state index contributed by atoms with van der Waals surface area (Å²) in [5, 5.41) is 20.2. The van der Waals surface area contributed by atoms with Crippen molar-refractivity contribution in [1.29, 1.82) is 0 Å². The van der Waals surface area contributed by atoms with E-state index in [2.05, 4.69) is 5.32 Å². The van der Waals surface area contributed by atoms with Gasteiger partial charge in [0, 0.05) is 24.9 Å². The van der Waals surface area contributed by atoms with E-state index in [-0.39, 0.29) is 29.7 Å². The lowest BCUT2D eigenvalue weighted by Crippen LogP contribution is -2.31. The van der Waals surface area contributed by atoms with Crippen LogP contribution in [0, 0.1) is 11.6 Å². The number of carboxylic acids is 1. The van der Waals surface area contributed by atoms with E-state index < -0.39 is 41.5 Å². The minimum absolute atomic E-state index is 0.0209. The van der Waals surface area contributed by atoms with Crippen LogP contribution in [0.5, 0.6) is 5.75 Å². The molecule has 0 saturated carbocycles. The van der Waals surface area contributed by atoms with E-state index >= 15 is 0 Å². The SMILES string of the molecule is O=C(O)CCCCNC(=O)C1=Cc2cc(F)c(O)c(F)c2CC1=O. The molecule has 1 aromatic carbocycles. The summed E-state index contributed by atoms with van der Waals surface area (Å²) in [5.74, 6) is -5.80. The number of aliphatic carboxylic acids is 1. The van der Waals surface area contributed by atoms with Crippen LogP contribution in [0.15, 0.2) is 11.6 Å². The largest absolute Gasteiger partial charge is 0.503 e. The van der Waals surface area contributed by atoms with Gasteiger partial charge in [-0.1, -0.05) is 0 Å². The molecule has 0 spiro atoms. The molecule has 1 aliphatic rings. The highest BCUT2D eigenvalue weighted by atomic mass is 19.1. The Morgan fingerprint density at radius 3 is 2.62 bits per heavy atom. The molecule has 1 aliphatic carbocycles. The maximum atomic E-state index is 13.8. The second-order valence-corrected chi connectivity index (χ2v) is 5.35. The predicted octanol–water partition coefficient (Wildman–Crippen LogP) is 1.55. The highest BCUT2D eigenvalue weighted by Crippen LogP contribution is 2.31. The molecule has 0 heterocycles. The maximum absolute atomic E-state index is 13.8. The third kappa shape index (κ3) is 3.76. The summed E-state index contributed by atoms with van der Waals surface area (Å²) >= 11 is 0. The standard InChI is InChI=1S/C16H15F2NO5/c17-11-6-8-5-10(12(20)7-9(8)14(18)15(11)23)16(24)19-4-2-1-3-13(21)22/h5-6,23H,1-4,7H2,(H,19,24)(H,21,22). The van der Waals surface area contributed by atoms with E-state index in [0.29, 0.717) is 12.8 Å². The lowest BCUT2D eigenvalue weighted by molar-refractivity contribution is -0.137. The monoisotopic (exact) mass is 339 g/mol. The Bertz CT molecular complexity index is 742. The molecule has 0 bridgehead atoms. The number of halogens is 2. The number of fused-ring (bicyclic) bond motifs is 1. The van der Waals surface area contributed by atoms with Gasteiger partial charge in [-0.25, -0.2) is 8.78 Å². The summed E-state index contributed by atoms with van der Waals surface area (Å²) in [7, 11) is 0. The van der Waals surface area contributed by atoms with Crippen LogP contribution in [0.4, 0.5) is 8.78 Å². The Kier molecular flexibility index (Phi) is 5.28. The van der Waals surface area contributed by atoms with Gasteiger partial charge in [-0.05, 0) is 30.5 Å². The highest BCUT2D eigenvalue weighted by Gasteiger charge is 2.28. The van der Waals surface area contributed by atoms with Gasteiger partial charge in [0.25, 0.3) is 5.91 Å². The van der Waals surface area contributed by atoms with Crippen LogP contribution in [-0.4, -0.2) is 34.4 Å². The van der Waals surface area contributed by atoms with Gasteiger partial charge < -0.3 is 15.5 Å². The molecule has 8 heteroatoms. The van der Waals surface area contributed by atoms with Crippen molar-refractivity contribution < 1.29 is 33.4 Å². The van der Waals surface area contributed by atoms with E-state index in [1.807, 2.05) is 0 Å². The van der Waals surface area contributed by atoms with Gasteiger partial charge in [-0.2, -0.15) is 0 Å². The van der Waals surface area contributed by atoms with Crippen LogP contribution in [0.25, 0.3) is 6.08 Å². The molecule has 0 fully saturated rings. The minimum Gasteiger partial charge on any atom is -0.503 e. The zero-order chi connectivity index (χ0) is 17.9. The fourth-order valence-corrected chi connectivity index (χ4v) is 2.36. The normalized spacial score (nSPS) is 13.2. The van der Waals surface area contributed by atoms with E-state index in [1.165, 1.54) is 0 Å². The first-order valence-electron chi connectivity index (χ1n) is 7.26. The summed E-state index contributed by atoms with van der Waals surface area (Å²) < 4.78 is 27.2. The van der Waals surface area contributed by atoms with Crippen molar-refractivity contribution in [3.8, 4) is 5.75 Å². The Morgan fingerprint density at radius 1 is 1.25 bits per heavy atom. The van der Waals surface area contributed by atoms with Crippen molar-refractivity contribution >= 4 is 23.7 Å². The Labute approximate surface area is 135 Å². The quantitative estimate of drug-likeness (QED) is 0.539. The van der Waals surface area contributed by atoms with Crippen molar-refractivity contribution in [3.05, 3.63) is 34.4 Å². The van der Waals surface area contributed by atoms with Gasteiger partial charge in [0.2, 0.25) is 0 Å². The number of ketones is 1. The van der Waals surface area contributed by atoms with Gasteiger partial charge >= 0.3 is 5.97 Å². The van der Waals surface area contributed by atoms with Crippen molar-refractivity contribution in [1.82, 2.24) is 5.32 Å². The van der Waals surface area contributed by atoms with Crippen LogP contribution < -0.4 is 5.32 Å². The molecular formula is C16H15F2NO5. The number of amides is 1. The van der Waals surface area contributed by atoms with Gasteiger partial charge in [0.05, 0.1) is 5.57 Å². The number of benzene rings is 1. The third-order valence-corrected chi connectivity index (χ3v) is 3.61. The Balaban J connectivity index is 2.09. The van der Waals surface area contributed by atoms with Crippen molar-refractivity contribution in [2.24, 2.45) is 0 Å². The Hall–Kier alpha value is -2.77. The summed E-state index contributed by atoms with van der Waals surface area (Å²) in [6.45, 7) is 0.182. The molecule has 6 nitrogen and oxygen atoms in total. The lowest BCUT2D eigenvalue weighted by Gasteiger charge is -2.17. The van der Waals surface area contributed by atoms with Crippen molar-refractivity contribution in [2.75, 3.05) is 6.54 Å². The molecule has 2 rings (SSSR count). The van der Waals surface area contributed by atoms with Gasteiger partial charge in [-0.3, -0.25) is 14.4 Å². The number of rotatable bonds is 6. The average Bonchev–Trinajstić information content (AvgIpc) is 2.52. The van der Waals surface area contributed by atoms with E-state index in [1.54, 1.807) is 0 Å². The molecular weight excluding hydrogens is 324 g/mol. The van der Waals surface area contributed by atoms with Crippen LogP contribution in [0.1, 0.15) is 30.4 Å². The fraction of sp³-hybridized carbons (Fsp3) is 0.312. The first kappa shape index (κ1) is 17.6. The van der Waals surface area contributed by atoms with Crippen LogP contribution in [0.2, 0.25) is 0 Å². The summed E-state index contributed by atoms with van der Waals surface area (Å²) in [4.78, 5) is 34.3. The molecule has 24 heavy (non-hydrogen) atoms. The summed E-state index contributed by atoms with van der Waals surface area (Å²) in [6, 6.07) is 0.861. The van der Waals surface area contributed by atoms with Gasteiger partial charge in [0.1, 0.15) is 0 Å². The van der Waals surface area contributed by atoms with Gasteiger partial charge in [-0.15, -0.1) is 0 Å². The molecule has 3 N–H and O–H groups in total. The second kappa shape index (κ2) is 7.20. The number of hydrogen-bond donors (Lipinski definition) is 3. The molecule has 0 atom stereocenters. The second-order valence-electron chi connectivity index (χ2n) is 5.35.